The zero-order valence-electron chi connectivity index (χ0n) is 16.1. The van der Waals surface area contributed by atoms with Gasteiger partial charge in [0, 0.05) is 39.3 Å². The number of nitrogens with zero attached hydrogens (tertiary/aromatic N) is 1. The topological polar surface area (TPSA) is 69.4 Å². The van der Waals surface area contributed by atoms with Crippen molar-refractivity contribution in [1.82, 2.24) is 4.98 Å². The predicted molar refractivity (Wildman–Crippen MR) is 103 cm³/mol. The molecule has 2 atom stereocenters. The standard InChI is InChI=1S/C23H21NO4/c1-22(2)7-5-18(25)15-10-14-16-11-19(26)28-21(13-6-9-27-12-13)23(16,3)8-4-17(14)24-20(15)22/h5-7,9-12,21H,4,8H2,1-3H3/t21-,23?/m0/s1. The maximum Gasteiger partial charge on any atom is 0.331 e. The van der Waals surface area contributed by atoms with Gasteiger partial charge in [-0.15, -0.1) is 0 Å². The quantitative estimate of drug-likeness (QED) is 0.694. The van der Waals surface area contributed by atoms with Gasteiger partial charge in [-0.2, -0.15) is 0 Å². The lowest BCUT2D eigenvalue weighted by Crippen LogP contribution is -2.38. The number of aromatic nitrogens is 1. The number of carbonyl (C=O) groups excluding carboxylic acids is 2. The number of pyridine rings is 1. The van der Waals surface area contributed by atoms with Crippen molar-refractivity contribution in [3.8, 4) is 0 Å². The third kappa shape index (κ3) is 2.28. The maximum absolute atomic E-state index is 12.6. The van der Waals surface area contributed by atoms with Crippen LogP contribution in [0.5, 0.6) is 0 Å². The fraction of sp³-hybridized carbons (Fsp3) is 0.348. The molecule has 2 aromatic rings. The average Bonchev–Trinajstić information content (AvgIpc) is 3.19. The van der Waals surface area contributed by atoms with Gasteiger partial charge in [-0.25, -0.2) is 4.79 Å². The van der Waals surface area contributed by atoms with E-state index < -0.39 is 11.5 Å². The lowest BCUT2D eigenvalue weighted by atomic mass is 9.64. The number of carbonyl (C=O) groups is 2. The van der Waals surface area contributed by atoms with Crippen molar-refractivity contribution in [1.29, 1.82) is 0 Å². The molecule has 142 valence electrons. The molecule has 3 heterocycles. The Hall–Kier alpha value is -2.95. The summed E-state index contributed by atoms with van der Waals surface area (Å²) in [6.45, 7) is 6.23. The molecule has 0 amide bonds. The lowest BCUT2D eigenvalue weighted by molar-refractivity contribution is -0.150. The van der Waals surface area contributed by atoms with E-state index in [0.717, 1.165) is 40.9 Å². The summed E-state index contributed by atoms with van der Waals surface area (Å²) in [7, 11) is 0. The molecule has 0 saturated heterocycles. The van der Waals surface area contributed by atoms with Crippen molar-refractivity contribution in [2.75, 3.05) is 0 Å². The number of cyclic esters (lactones) is 1. The van der Waals surface area contributed by atoms with E-state index >= 15 is 0 Å². The molecule has 2 aliphatic carbocycles. The molecular formula is C23H21NO4. The van der Waals surface area contributed by atoms with Crippen LogP contribution in [0.15, 0.2) is 47.3 Å². The molecule has 2 aromatic heterocycles. The van der Waals surface area contributed by atoms with Crippen molar-refractivity contribution in [3.05, 3.63) is 71.0 Å². The highest BCUT2D eigenvalue weighted by molar-refractivity contribution is 6.08. The summed E-state index contributed by atoms with van der Waals surface area (Å²) in [6, 6.07) is 3.77. The summed E-state index contributed by atoms with van der Waals surface area (Å²) >= 11 is 0. The first-order chi connectivity index (χ1) is 13.3. The minimum absolute atomic E-state index is 0.0396. The Morgan fingerprint density at radius 3 is 2.75 bits per heavy atom. The van der Waals surface area contributed by atoms with Crippen LogP contribution in [-0.2, 0) is 21.4 Å². The fourth-order valence-corrected chi connectivity index (χ4v) is 4.70. The Morgan fingerprint density at radius 2 is 2.00 bits per heavy atom. The van der Waals surface area contributed by atoms with Crippen LogP contribution in [0.3, 0.4) is 0 Å². The van der Waals surface area contributed by atoms with E-state index in [1.807, 2.05) is 18.2 Å². The number of furan rings is 1. The normalized spacial score (nSPS) is 27.4. The zero-order chi connectivity index (χ0) is 19.7. The van der Waals surface area contributed by atoms with Gasteiger partial charge in [0.25, 0.3) is 0 Å². The lowest BCUT2D eigenvalue weighted by Gasteiger charge is -2.45. The van der Waals surface area contributed by atoms with Gasteiger partial charge in [0.15, 0.2) is 5.78 Å². The smallest absolute Gasteiger partial charge is 0.331 e. The van der Waals surface area contributed by atoms with Crippen LogP contribution < -0.4 is 0 Å². The van der Waals surface area contributed by atoms with Crippen molar-refractivity contribution >= 4 is 17.3 Å². The number of ketones is 1. The minimum atomic E-state index is -0.421. The van der Waals surface area contributed by atoms with Crippen LogP contribution in [0.25, 0.3) is 5.57 Å². The maximum atomic E-state index is 12.6. The van der Waals surface area contributed by atoms with Gasteiger partial charge in [-0.05, 0) is 36.6 Å². The highest BCUT2D eigenvalue weighted by Crippen LogP contribution is 2.55. The van der Waals surface area contributed by atoms with E-state index in [0.29, 0.717) is 5.56 Å². The molecule has 28 heavy (non-hydrogen) atoms. The Labute approximate surface area is 163 Å². The molecular weight excluding hydrogens is 354 g/mol. The number of rotatable bonds is 1. The SMILES string of the molecule is CC1(C)C=CC(=O)c2cc3c(nc21)CCC1(C)C3=CC(=O)O[C@H]1c1ccoc1. The number of hydrogen-bond donors (Lipinski definition) is 0. The molecule has 3 aliphatic rings. The van der Waals surface area contributed by atoms with E-state index in [2.05, 4.69) is 20.8 Å². The first-order valence-electron chi connectivity index (χ1n) is 9.53. The van der Waals surface area contributed by atoms with Crippen molar-refractivity contribution < 1.29 is 18.7 Å². The second kappa shape index (κ2) is 5.53. The monoisotopic (exact) mass is 375 g/mol. The van der Waals surface area contributed by atoms with Crippen LogP contribution in [0.4, 0.5) is 0 Å². The molecule has 5 nitrogen and oxygen atoms in total. The Kier molecular flexibility index (Phi) is 3.39. The molecule has 1 aliphatic heterocycles. The number of fused-ring (bicyclic) bond motifs is 4. The van der Waals surface area contributed by atoms with E-state index in [1.54, 1.807) is 24.7 Å². The van der Waals surface area contributed by atoms with Gasteiger partial charge in [-0.1, -0.05) is 26.8 Å². The molecule has 0 spiro atoms. The van der Waals surface area contributed by atoms with Crippen LogP contribution in [0.1, 0.15) is 66.2 Å². The third-order valence-corrected chi connectivity index (χ3v) is 6.34. The number of allylic oxidation sites excluding steroid dienone is 2. The molecule has 5 rings (SSSR count). The van der Waals surface area contributed by atoms with Crippen molar-refractivity contribution in [2.45, 2.75) is 45.1 Å². The predicted octanol–water partition coefficient (Wildman–Crippen LogP) is 4.34. The summed E-state index contributed by atoms with van der Waals surface area (Å²) in [5.41, 5.74) is 4.31. The molecule has 0 saturated carbocycles. The Bertz CT molecular complexity index is 1070. The van der Waals surface area contributed by atoms with E-state index in [1.165, 1.54) is 0 Å². The van der Waals surface area contributed by atoms with Gasteiger partial charge in [0.1, 0.15) is 6.10 Å². The van der Waals surface area contributed by atoms with Gasteiger partial charge >= 0.3 is 5.97 Å². The number of aryl methyl sites for hydroxylation is 1. The second-order valence-electron chi connectivity index (χ2n) is 8.65. The molecule has 0 aromatic carbocycles. The molecule has 0 bridgehead atoms. The summed E-state index contributed by atoms with van der Waals surface area (Å²) in [4.78, 5) is 29.9. The van der Waals surface area contributed by atoms with E-state index in [-0.39, 0.29) is 17.2 Å². The number of ether oxygens (including phenoxy) is 1. The molecule has 5 heteroatoms. The number of hydrogen-bond acceptors (Lipinski definition) is 5. The summed E-state index contributed by atoms with van der Waals surface area (Å²) < 4.78 is 10.9. The van der Waals surface area contributed by atoms with E-state index in [9.17, 15) is 9.59 Å². The summed E-state index contributed by atoms with van der Waals surface area (Å²) in [5, 5.41) is 0. The molecule has 0 radical (unpaired) electrons. The fourth-order valence-electron chi connectivity index (χ4n) is 4.70. The molecule has 0 N–H and O–H groups in total. The van der Waals surface area contributed by atoms with E-state index in [4.69, 9.17) is 14.1 Å². The van der Waals surface area contributed by atoms with Crippen LogP contribution in [0, 0.1) is 5.41 Å². The first kappa shape index (κ1) is 17.2. The highest BCUT2D eigenvalue weighted by Gasteiger charge is 2.48. The third-order valence-electron chi connectivity index (χ3n) is 6.34. The Balaban J connectivity index is 1.70. The largest absolute Gasteiger partial charge is 0.472 e. The second-order valence-corrected chi connectivity index (χ2v) is 8.65. The summed E-state index contributed by atoms with van der Waals surface area (Å²) in [5.74, 6) is -0.418. The van der Waals surface area contributed by atoms with Gasteiger partial charge in [-0.3, -0.25) is 9.78 Å². The highest BCUT2D eigenvalue weighted by atomic mass is 16.5. The van der Waals surface area contributed by atoms with Crippen LogP contribution >= 0.6 is 0 Å². The summed E-state index contributed by atoms with van der Waals surface area (Å²) in [6.07, 6.45) is 9.45. The van der Waals surface area contributed by atoms with Gasteiger partial charge < -0.3 is 9.15 Å². The van der Waals surface area contributed by atoms with Gasteiger partial charge in [0.2, 0.25) is 0 Å². The van der Waals surface area contributed by atoms with Gasteiger partial charge in [0.05, 0.1) is 18.2 Å². The van der Waals surface area contributed by atoms with Crippen molar-refractivity contribution in [3.63, 3.8) is 0 Å². The number of esters is 1. The zero-order valence-corrected chi connectivity index (χ0v) is 16.1. The first-order valence-corrected chi connectivity index (χ1v) is 9.53. The molecule has 1 unspecified atom stereocenters. The van der Waals surface area contributed by atoms with Crippen LogP contribution in [0.2, 0.25) is 0 Å². The minimum Gasteiger partial charge on any atom is -0.472 e. The van der Waals surface area contributed by atoms with Crippen LogP contribution in [-0.4, -0.2) is 16.7 Å². The average molecular weight is 375 g/mol. The van der Waals surface area contributed by atoms with Crippen molar-refractivity contribution in [2.24, 2.45) is 5.41 Å². The Morgan fingerprint density at radius 1 is 1.18 bits per heavy atom. The molecule has 0 fully saturated rings.